The van der Waals surface area contributed by atoms with Crippen molar-refractivity contribution in [2.24, 2.45) is 0 Å². The minimum atomic E-state index is 0.579. The van der Waals surface area contributed by atoms with Crippen LogP contribution in [0.3, 0.4) is 0 Å². The Hall–Kier alpha value is -8.92. The summed E-state index contributed by atoms with van der Waals surface area (Å²) in [5, 5.41) is 14.5. The number of rotatable bonds is 7. The molecule has 0 saturated carbocycles. The Morgan fingerprint density at radius 1 is 0.328 bits per heavy atom. The molecule has 0 aliphatic rings. The molecule has 0 bridgehead atoms. The first-order valence-corrected chi connectivity index (χ1v) is 21.3. The molecule has 3 heterocycles. The van der Waals surface area contributed by atoms with E-state index in [0.717, 1.165) is 93.9 Å². The van der Waals surface area contributed by atoms with Gasteiger partial charge in [0.25, 0.3) is 0 Å². The number of aromatic nitrogens is 5. The summed E-state index contributed by atoms with van der Waals surface area (Å²) in [6.07, 6.45) is 0. The molecule has 298 valence electrons. The van der Waals surface area contributed by atoms with Gasteiger partial charge in [-0.25, -0.2) is 15.0 Å². The van der Waals surface area contributed by atoms with Crippen LogP contribution in [0.2, 0.25) is 0 Å². The fourth-order valence-corrected chi connectivity index (χ4v) is 9.22. The standard InChI is InChI=1S/C58H36N6/c59-37-38-27-32-48-47-21-10-12-23-50(47)64(54(48)33-38)53-26-14-25-52-55(53)49-22-11-13-24-51(49)63(52)46-35-44(40-17-6-2-7-18-40)34-45(36-46)58-61-56(42-19-8-3-9-20-42)60-57(62-58)43-30-28-41(29-31-43)39-15-4-1-5-16-39/h1-36H. The number of fused-ring (bicyclic) bond motifs is 6. The maximum atomic E-state index is 10.0. The lowest BCUT2D eigenvalue weighted by molar-refractivity contribution is 1.07. The van der Waals surface area contributed by atoms with E-state index in [1.165, 1.54) is 0 Å². The highest BCUT2D eigenvalue weighted by Gasteiger charge is 2.21. The van der Waals surface area contributed by atoms with Gasteiger partial charge in [0.05, 0.1) is 39.4 Å². The molecule has 12 aromatic rings. The fraction of sp³-hybridized carbons (Fsp3) is 0. The van der Waals surface area contributed by atoms with Crippen LogP contribution in [0, 0.1) is 11.3 Å². The highest BCUT2D eigenvalue weighted by Crippen LogP contribution is 2.41. The van der Waals surface area contributed by atoms with Gasteiger partial charge in [-0.15, -0.1) is 0 Å². The van der Waals surface area contributed by atoms with Crippen LogP contribution in [0.4, 0.5) is 0 Å². The molecule has 3 aromatic heterocycles. The molecular formula is C58H36N6. The van der Waals surface area contributed by atoms with Crippen LogP contribution in [0.25, 0.3) is 111 Å². The van der Waals surface area contributed by atoms with Crippen LogP contribution in [0.1, 0.15) is 5.56 Å². The third kappa shape index (κ3) is 6.22. The van der Waals surface area contributed by atoms with Crippen LogP contribution in [0.15, 0.2) is 218 Å². The van der Waals surface area contributed by atoms with Crippen LogP contribution in [0.5, 0.6) is 0 Å². The Morgan fingerprint density at radius 2 is 0.812 bits per heavy atom. The minimum Gasteiger partial charge on any atom is -0.309 e. The number of benzene rings is 9. The molecule has 0 radical (unpaired) electrons. The number of nitriles is 1. The maximum Gasteiger partial charge on any atom is 0.164 e. The summed E-state index contributed by atoms with van der Waals surface area (Å²) >= 11 is 0. The molecule has 0 amide bonds. The number of para-hydroxylation sites is 2. The molecule has 64 heavy (non-hydrogen) atoms. The van der Waals surface area contributed by atoms with Crippen LogP contribution >= 0.6 is 0 Å². The number of hydrogen-bond donors (Lipinski definition) is 0. The van der Waals surface area contributed by atoms with Gasteiger partial charge >= 0.3 is 0 Å². The van der Waals surface area contributed by atoms with Crippen LogP contribution in [-0.2, 0) is 0 Å². The van der Waals surface area contributed by atoms with Crippen molar-refractivity contribution < 1.29 is 0 Å². The van der Waals surface area contributed by atoms with Crippen molar-refractivity contribution in [3.63, 3.8) is 0 Å². The monoisotopic (exact) mass is 816 g/mol. The third-order valence-corrected chi connectivity index (χ3v) is 12.2. The molecule has 0 aliphatic heterocycles. The summed E-state index contributed by atoms with van der Waals surface area (Å²) in [4.78, 5) is 15.5. The number of hydrogen-bond acceptors (Lipinski definition) is 4. The zero-order chi connectivity index (χ0) is 42.6. The van der Waals surface area contributed by atoms with Gasteiger partial charge in [0, 0.05) is 43.9 Å². The van der Waals surface area contributed by atoms with E-state index in [0.29, 0.717) is 23.0 Å². The molecule has 0 unspecified atom stereocenters. The Balaban J connectivity index is 1.10. The third-order valence-electron chi connectivity index (χ3n) is 12.2. The lowest BCUT2D eigenvalue weighted by Crippen LogP contribution is -2.02. The molecule has 0 aliphatic carbocycles. The Labute approximate surface area is 369 Å². The molecule has 0 saturated heterocycles. The van der Waals surface area contributed by atoms with E-state index in [2.05, 4.69) is 179 Å². The molecule has 6 heteroatoms. The van der Waals surface area contributed by atoms with Crippen molar-refractivity contribution in [2.75, 3.05) is 0 Å². The molecule has 12 rings (SSSR count). The molecule has 0 atom stereocenters. The summed E-state index contributed by atoms with van der Waals surface area (Å²) in [5.74, 6) is 1.78. The molecule has 0 N–H and O–H groups in total. The van der Waals surface area contributed by atoms with Gasteiger partial charge in [-0.1, -0.05) is 164 Å². The molecule has 0 spiro atoms. The molecule has 6 nitrogen and oxygen atoms in total. The minimum absolute atomic E-state index is 0.579. The first-order valence-electron chi connectivity index (χ1n) is 21.3. The first-order chi connectivity index (χ1) is 31.7. The second kappa shape index (κ2) is 15.2. The van der Waals surface area contributed by atoms with Crippen molar-refractivity contribution in [3.8, 4) is 73.9 Å². The smallest absolute Gasteiger partial charge is 0.164 e. The second-order valence-electron chi connectivity index (χ2n) is 16.0. The van der Waals surface area contributed by atoms with Gasteiger partial charge in [0.15, 0.2) is 17.5 Å². The van der Waals surface area contributed by atoms with Crippen molar-refractivity contribution in [2.45, 2.75) is 0 Å². The highest BCUT2D eigenvalue weighted by atomic mass is 15.0. The van der Waals surface area contributed by atoms with Crippen molar-refractivity contribution in [3.05, 3.63) is 224 Å². The zero-order valence-electron chi connectivity index (χ0n) is 34.5. The second-order valence-corrected chi connectivity index (χ2v) is 16.0. The summed E-state index contributed by atoms with van der Waals surface area (Å²) in [6.45, 7) is 0. The first kappa shape index (κ1) is 36.9. The molecular weight excluding hydrogens is 781 g/mol. The molecule has 0 fully saturated rings. The van der Waals surface area contributed by atoms with Crippen LogP contribution in [-0.4, -0.2) is 24.1 Å². The van der Waals surface area contributed by atoms with E-state index in [1.54, 1.807) is 0 Å². The summed E-state index contributed by atoms with van der Waals surface area (Å²) in [7, 11) is 0. The van der Waals surface area contributed by atoms with Gasteiger partial charge in [-0.3, -0.25) is 0 Å². The average Bonchev–Trinajstić information content (AvgIpc) is 3.89. The SMILES string of the molecule is N#Cc1ccc2c3ccccc3n(-c3cccc4c3c3ccccc3n4-c3cc(-c4ccccc4)cc(-c4nc(-c5ccccc5)nc(-c5ccc(-c6ccccc6)cc5)n4)c3)c2c1. The van der Waals surface area contributed by atoms with E-state index in [-0.39, 0.29) is 0 Å². The molecule has 9 aromatic carbocycles. The van der Waals surface area contributed by atoms with Gasteiger partial charge in [-0.05, 0) is 76.9 Å². The predicted molar refractivity (Wildman–Crippen MR) is 260 cm³/mol. The fourth-order valence-electron chi connectivity index (χ4n) is 9.22. The maximum absolute atomic E-state index is 10.0. The summed E-state index contributed by atoms with van der Waals surface area (Å²) in [6, 6.07) is 78.1. The van der Waals surface area contributed by atoms with E-state index in [1.807, 2.05) is 54.6 Å². The van der Waals surface area contributed by atoms with E-state index >= 15 is 0 Å². The van der Waals surface area contributed by atoms with Gasteiger partial charge < -0.3 is 9.13 Å². The van der Waals surface area contributed by atoms with Gasteiger partial charge in [-0.2, -0.15) is 5.26 Å². The Morgan fingerprint density at radius 3 is 1.48 bits per heavy atom. The average molecular weight is 817 g/mol. The van der Waals surface area contributed by atoms with E-state index < -0.39 is 0 Å². The van der Waals surface area contributed by atoms with Crippen molar-refractivity contribution in [1.82, 2.24) is 24.1 Å². The zero-order valence-corrected chi connectivity index (χ0v) is 34.5. The highest BCUT2D eigenvalue weighted by molar-refractivity contribution is 6.16. The number of nitrogens with zero attached hydrogens (tertiary/aromatic N) is 6. The quantitative estimate of drug-likeness (QED) is 0.161. The Kier molecular flexibility index (Phi) is 8.77. The lowest BCUT2D eigenvalue weighted by Gasteiger charge is -2.15. The summed E-state index contributed by atoms with van der Waals surface area (Å²) < 4.78 is 4.68. The van der Waals surface area contributed by atoms with Gasteiger partial charge in [0.2, 0.25) is 0 Å². The topological polar surface area (TPSA) is 72.3 Å². The largest absolute Gasteiger partial charge is 0.309 e. The lowest BCUT2D eigenvalue weighted by atomic mass is 10.0. The summed E-state index contributed by atoms with van der Waals surface area (Å²) in [5.41, 5.74) is 13.9. The van der Waals surface area contributed by atoms with Crippen molar-refractivity contribution in [1.29, 1.82) is 5.26 Å². The van der Waals surface area contributed by atoms with Crippen LogP contribution < -0.4 is 0 Å². The van der Waals surface area contributed by atoms with Crippen molar-refractivity contribution >= 4 is 43.6 Å². The normalized spacial score (nSPS) is 11.4. The Bertz CT molecular complexity index is 3770. The van der Waals surface area contributed by atoms with E-state index in [4.69, 9.17) is 15.0 Å². The van der Waals surface area contributed by atoms with E-state index in [9.17, 15) is 5.26 Å². The predicted octanol–water partition coefficient (Wildman–Crippen LogP) is 14.3. The van der Waals surface area contributed by atoms with Gasteiger partial charge in [0.1, 0.15) is 0 Å².